The highest BCUT2D eigenvalue weighted by atomic mass is 27.0. The molecular weight excluding hydrogens is 217 g/mol. The van der Waals surface area contributed by atoms with E-state index < -0.39 is 0 Å². The van der Waals surface area contributed by atoms with Gasteiger partial charge in [0.1, 0.15) is 5.82 Å². The highest BCUT2D eigenvalue weighted by Crippen LogP contribution is 2.25. The zero-order valence-electron chi connectivity index (χ0n) is 8.84. The van der Waals surface area contributed by atoms with Gasteiger partial charge in [-0.05, 0) is 18.2 Å². The van der Waals surface area contributed by atoms with Gasteiger partial charge in [0.15, 0.2) is 0 Å². The van der Waals surface area contributed by atoms with Crippen molar-refractivity contribution in [3.05, 3.63) is 36.2 Å². The molecule has 0 saturated heterocycles. The second kappa shape index (κ2) is 4.13. The van der Waals surface area contributed by atoms with Crippen LogP contribution in [0, 0.1) is 0 Å². The van der Waals surface area contributed by atoms with Crippen molar-refractivity contribution in [1.82, 2.24) is 9.55 Å². The van der Waals surface area contributed by atoms with Crippen LogP contribution in [0.3, 0.4) is 0 Å². The van der Waals surface area contributed by atoms with E-state index in [-0.39, 0.29) is 4.65 Å². The van der Waals surface area contributed by atoms with Crippen LogP contribution in [0.5, 0.6) is 0 Å². The summed E-state index contributed by atoms with van der Waals surface area (Å²) < 4.78 is 1.68. The number of anilines is 1. The van der Waals surface area contributed by atoms with E-state index in [1.54, 1.807) is 23.0 Å². The second-order valence-electron chi connectivity index (χ2n) is 3.49. The van der Waals surface area contributed by atoms with Gasteiger partial charge in [-0.15, -0.1) is 0 Å². The van der Waals surface area contributed by atoms with Gasteiger partial charge >= 0.3 is 0 Å². The fraction of sp³-hybridized carbons (Fsp3) is 0.0909. The number of nitrogen functional groups attached to an aromatic ring is 1. The first kappa shape index (κ1) is 10.9. The van der Waals surface area contributed by atoms with Gasteiger partial charge in [0.05, 0.1) is 10.3 Å². The molecule has 0 aliphatic rings. The van der Waals surface area contributed by atoms with E-state index in [1.807, 2.05) is 19.2 Å². The van der Waals surface area contributed by atoms with Crippen molar-refractivity contribution in [2.24, 2.45) is 7.05 Å². The summed E-state index contributed by atoms with van der Waals surface area (Å²) in [6.07, 6.45) is 3.45. The molecule has 2 radical (unpaired) electrons. The molecule has 0 aliphatic heterocycles. The Bertz CT molecular complexity index is 534. The maximum atomic E-state index is 11.3. The van der Waals surface area contributed by atoms with E-state index in [0.717, 1.165) is 11.3 Å². The van der Waals surface area contributed by atoms with Gasteiger partial charge in [0, 0.05) is 30.6 Å². The second-order valence-corrected chi connectivity index (χ2v) is 4.02. The number of carbonyl (C=O) groups excluding carboxylic acids is 1. The van der Waals surface area contributed by atoms with E-state index in [2.05, 4.69) is 21.3 Å². The smallest absolute Gasteiger partial charge is 0.250 e. The molecule has 4 nitrogen and oxygen atoms in total. The summed E-state index contributed by atoms with van der Waals surface area (Å²) in [4.78, 5) is 15.4. The summed E-state index contributed by atoms with van der Waals surface area (Å²) in [6, 6.07) is 5.56. The molecule has 2 aromatic rings. The lowest BCUT2D eigenvalue weighted by Gasteiger charge is -2.03. The van der Waals surface area contributed by atoms with Gasteiger partial charge in [-0.1, -0.05) is 0 Å². The lowest BCUT2D eigenvalue weighted by atomic mass is 10.2. The van der Waals surface area contributed by atoms with Gasteiger partial charge in [-0.2, -0.15) is 0 Å². The molecule has 2 rings (SSSR count). The summed E-state index contributed by atoms with van der Waals surface area (Å²) in [7, 11) is 1.83. The highest BCUT2D eigenvalue weighted by Gasteiger charge is 2.13. The van der Waals surface area contributed by atoms with Crippen LogP contribution >= 0.6 is 0 Å². The Hall–Kier alpha value is -1.57. The maximum absolute atomic E-state index is 11.3. The number of hydrogen-bond donors (Lipinski definition) is 1. The minimum absolute atomic E-state index is 0.108. The molecule has 2 aromatic heterocycles. The summed E-state index contributed by atoms with van der Waals surface area (Å²) >= 11 is 2.13. The minimum Gasteiger partial charge on any atom is -0.385 e. The van der Waals surface area contributed by atoms with Crippen molar-refractivity contribution in [3.8, 4) is 11.3 Å². The van der Waals surface area contributed by atoms with Crippen LogP contribution in [0.15, 0.2) is 30.6 Å². The van der Waals surface area contributed by atoms with Crippen molar-refractivity contribution < 1.29 is 4.79 Å². The fourth-order valence-corrected chi connectivity index (χ4v) is 1.84. The molecule has 0 atom stereocenters. The van der Waals surface area contributed by atoms with E-state index >= 15 is 0 Å². The predicted octanol–water partition coefficient (Wildman–Crippen LogP) is 0.978. The number of rotatable bonds is 2. The Morgan fingerprint density at radius 2 is 2.31 bits per heavy atom. The van der Waals surface area contributed by atoms with E-state index in [4.69, 9.17) is 5.73 Å². The predicted molar refractivity (Wildman–Crippen MR) is 63.1 cm³/mol. The van der Waals surface area contributed by atoms with Crippen molar-refractivity contribution in [2.75, 3.05) is 5.73 Å². The summed E-state index contributed by atoms with van der Waals surface area (Å²) in [5.41, 5.74) is 8.19. The molecule has 0 aromatic carbocycles. The van der Waals surface area contributed by atoms with Crippen LogP contribution in [0.2, 0.25) is 0 Å². The Balaban J connectivity index is 2.60. The van der Waals surface area contributed by atoms with E-state index in [0.29, 0.717) is 11.4 Å². The lowest BCUT2D eigenvalue weighted by molar-refractivity contribution is 0.108. The van der Waals surface area contributed by atoms with Crippen molar-refractivity contribution >= 4 is 26.8 Å². The summed E-state index contributed by atoms with van der Waals surface area (Å²) in [5.74, 6) is 0.471. The molecule has 16 heavy (non-hydrogen) atoms. The Morgan fingerprint density at radius 3 is 2.81 bits per heavy atom. The van der Waals surface area contributed by atoms with Gasteiger partial charge in [0.25, 0.3) is 16.3 Å². The Labute approximate surface area is 102 Å². The van der Waals surface area contributed by atoms with Crippen LogP contribution in [-0.2, 0) is 7.05 Å². The molecule has 0 spiro atoms. The molecule has 2 heterocycles. The van der Waals surface area contributed by atoms with Gasteiger partial charge in [0.2, 0.25) is 0 Å². The Kier molecular flexibility index (Phi) is 2.82. The van der Waals surface area contributed by atoms with Gasteiger partial charge in [-0.3, -0.25) is 4.98 Å². The highest BCUT2D eigenvalue weighted by molar-refractivity contribution is 6.63. The van der Waals surface area contributed by atoms with Crippen LogP contribution in [0.4, 0.5) is 5.82 Å². The van der Waals surface area contributed by atoms with E-state index in [1.165, 1.54) is 0 Å². The molecule has 0 fully saturated rings. The molecule has 5 heteroatoms. The third-order valence-electron chi connectivity index (χ3n) is 2.50. The molecule has 78 valence electrons. The number of pyridine rings is 1. The molecule has 0 saturated carbocycles. The zero-order valence-corrected chi connectivity index (χ0v) is 10.00. The molecule has 2 N–H and O–H groups in total. The largest absolute Gasteiger partial charge is 0.385 e. The monoisotopic (exact) mass is 227 g/mol. The third kappa shape index (κ3) is 1.75. The SMILES string of the molecule is Cn1c(-c2cccnc2)cc([C](=O)[Al])c1N. The molecular formula is C11H10AlN3O. The van der Waals surface area contributed by atoms with Crippen molar-refractivity contribution in [3.63, 3.8) is 0 Å². The van der Waals surface area contributed by atoms with Crippen molar-refractivity contribution in [2.45, 2.75) is 0 Å². The standard InChI is InChI=1S/C11H10N3O.Al/c1-14-10(5-9(7-15)11(14)12)8-3-2-4-13-6-8;/h2-6H,12H2,1H3;. The lowest BCUT2D eigenvalue weighted by Crippen LogP contribution is -2.03. The first-order valence-electron chi connectivity index (χ1n) is 4.76. The number of aromatic nitrogens is 2. The normalized spacial score (nSPS) is 10.3. The first-order chi connectivity index (χ1) is 7.61. The maximum Gasteiger partial charge on any atom is 0.250 e. The van der Waals surface area contributed by atoms with E-state index in [9.17, 15) is 4.79 Å². The van der Waals surface area contributed by atoms with Crippen LogP contribution in [0.25, 0.3) is 11.3 Å². The first-order valence-corrected chi connectivity index (χ1v) is 5.34. The number of nitrogens with zero attached hydrogens (tertiary/aromatic N) is 2. The average molecular weight is 227 g/mol. The molecule has 0 unspecified atom stereocenters. The quantitative estimate of drug-likeness (QED) is 0.778. The number of nitrogens with two attached hydrogens (primary N) is 1. The number of hydrogen-bond acceptors (Lipinski definition) is 3. The van der Waals surface area contributed by atoms with Crippen molar-refractivity contribution in [1.29, 1.82) is 0 Å². The molecule has 0 bridgehead atoms. The van der Waals surface area contributed by atoms with Crippen LogP contribution in [-0.4, -0.2) is 30.5 Å². The third-order valence-corrected chi connectivity index (χ3v) is 2.81. The molecule has 0 aliphatic carbocycles. The van der Waals surface area contributed by atoms with Gasteiger partial charge < -0.3 is 15.1 Å². The summed E-state index contributed by atoms with van der Waals surface area (Å²) in [6.45, 7) is 0. The molecule has 0 amide bonds. The fourth-order valence-electron chi connectivity index (χ4n) is 1.61. The zero-order chi connectivity index (χ0) is 11.7. The minimum atomic E-state index is -0.108. The van der Waals surface area contributed by atoms with Gasteiger partial charge in [-0.25, -0.2) is 0 Å². The topological polar surface area (TPSA) is 60.9 Å². The summed E-state index contributed by atoms with van der Waals surface area (Å²) in [5, 5.41) is 0. The average Bonchev–Trinajstić information content (AvgIpc) is 2.58. The van der Waals surface area contributed by atoms with Crippen LogP contribution in [0.1, 0.15) is 10.4 Å². The van der Waals surface area contributed by atoms with Crippen LogP contribution < -0.4 is 5.73 Å². The number of carbonyl (C=O) groups is 1. The Morgan fingerprint density at radius 1 is 1.56 bits per heavy atom.